The van der Waals surface area contributed by atoms with Crippen LogP contribution in [0.1, 0.15) is 49.5 Å². The van der Waals surface area contributed by atoms with Crippen molar-refractivity contribution in [2.45, 2.75) is 51.6 Å². The molecule has 0 atom stereocenters. The van der Waals surface area contributed by atoms with Crippen molar-refractivity contribution in [3.63, 3.8) is 0 Å². The zero-order valence-corrected chi connectivity index (χ0v) is 15.3. The van der Waals surface area contributed by atoms with E-state index in [9.17, 15) is 9.59 Å². The lowest BCUT2D eigenvalue weighted by Gasteiger charge is -2.31. The molecule has 2 aromatic heterocycles. The number of aryl methyl sites for hydroxylation is 1. The molecule has 1 amide bonds. The first-order valence-electron chi connectivity index (χ1n) is 9.44. The molecule has 2 heterocycles. The van der Waals surface area contributed by atoms with E-state index in [1.807, 2.05) is 41.6 Å². The maximum atomic E-state index is 13.2. The van der Waals surface area contributed by atoms with Gasteiger partial charge in [-0.3, -0.25) is 4.79 Å². The van der Waals surface area contributed by atoms with E-state index in [2.05, 4.69) is 0 Å². The summed E-state index contributed by atoms with van der Waals surface area (Å²) in [7, 11) is 1.89. The Balaban J connectivity index is 1.87. The summed E-state index contributed by atoms with van der Waals surface area (Å²) in [4.78, 5) is 27.5. The molecule has 5 nitrogen and oxygen atoms in total. The van der Waals surface area contributed by atoms with Crippen molar-refractivity contribution in [2.75, 3.05) is 7.05 Å². The van der Waals surface area contributed by atoms with Gasteiger partial charge < -0.3 is 13.9 Å². The normalized spacial score (nSPS) is 15.6. The van der Waals surface area contributed by atoms with Crippen LogP contribution in [0.3, 0.4) is 0 Å². The van der Waals surface area contributed by atoms with E-state index in [4.69, 9.17) is 4.42 Å². The summed E-state index contributed by atoms with van der Waals surface area (Å²) in [6, 6.07) is 9.49. The molecule has 1 aromatic carbocycles. The Hall–Kier alpha value is -2.56. The summed E-state index contributed by atoms with van der Waals surface area (Å²) in [5.41, 5.74) is 1.52. The molecule has 0 spiro atoms. The van der Waals surface area contributed by atoms with E-state index in [0.29, 0.717) is 23.2 Å². The molecule has 0 aliphatic heterocycles. The standard InChI is InChI=1S/C21H24N2O3/c1-3-23-17(20(24)22(2)14-9-5-4-6-10-14)13-16-19(23)15-11-7-8-12-18(15)26-21(16)25/h7-8,11-14H,3-6,9-10H2,1-2H3. The number of carbonyl (C=O) groups is 1. The van der Waals surface area contributed by atoms with Crippen LogP contribution in [0.4, 0.5) is 0 Å². The van der Waals surface area contributed by atoms with Gasteiger partial charge in [0.25, 0.3) is 5.91 Å². The predicted octanol–water partition coefficient (Wildman–Crippen LogP) is 4.17. The molecule has 0 unspecified atom stereocenters. The lowest BCUT2D eigenvalue weighted by Crippen LogP contribution is -2.39. The second-order valence-corrected chi connectivity index (χ2v) is 7.13. The summed E-state index contributed by atoms with van der Waals surface area (Å²) in [6.07, 6.45) is 5.71. The van der Waals surface area contributed by atoms with Crippen molar-refractivity contribution < 1.29 is 9.21 Å². The second-order valence-electron chi connectivity index (χ2n) is 7.13. The van der Waals surface area contributed by atoms with Crippen LogP contribution in [0.15, 0.2) is 39.5 Å². The fourth-order valence-electron chi connectivity index (χ4n) is 4.22. The minimum Gasteiger partial charge on any atom is -0.422 e. The van der Waals surface area contributed by atoms with Crippen LogP contribution in [-0.2, 0) is 6.54 Å². The molecule has 0 radical (unpaired) electrons. The van der Waals surface area contributed by atoms with Crippen molar-refractivity contribution in [1.82, 2.24) is 9.47 Å². The van der Waals surface area contributed by atoms with Crippen molar-refractivity contribution in [2.24, 2.45) is 0 Å². The number of rotatable bonds is 3. The second kappa shape index (κ2) is 6.63. The maximum Gasteiger partial charge on any atom is 0.345 e. The van der Waals surface area contributed by atoms with Crippen LogP contribution in [-0.4, -0.2) is 28.5 Å². The highest BCUT2D eigenvalue weighted by Gasteiger charge is 2.27. The summed E-state index contributed by atoms with van der Waals surface area (Å²) in [6.45, 7) is 2.62. The van der Waals surface area contributed by atoms with Crippen LogP contribution < -0.4 is 5.63 Å². The van der Waals surface area contributed by atoms with Gasteiger partial charge in [-0.1, -0.05) is 31.4 Å². The van der Waals surface area contributed by atoms with Gasteiger partial charge in [0.1, 0.15) is 11.3 Å². The Kier molecular flexibility index (Phi) is 4.31. The quantitative estimate of drug-likeness (QED) is 0.665. The Morgan fingerprint density at radius 1 is 1.19 bits per heavy atom. The number of nitrogens with zero attached hydrogens (tertiary/aromatic N) is 2. The molecule has 136 valence electrons. The predicted molar refractivity (Wildman–Crippen MR) is 103 cm³/mol. The van der Waals surface area contributed by atoms with Crippen molar-refractivity contribution in [1.29, 1.82) is 0 Å². The highest BCUT2D eigenvalue weighted by molar-refractivity contribution is 6.07. The smallest absolute Gasteiger partial charge is 0.345 e. The number of carbonyl (C=O) groups excluding carboxylic acids is 1. The zero-order chi connectivity index (χ0) is 18.3. The number of benzene rings is 1. The molecule has 4 rings (SSSR count). The van der Waals surface area contributed by atoms with Gasteiger partial charge in [0.05, 0.1) is 10.9 Å². The first kappa shape index (κ1) is 16.9. The first-order valence-corrected chi connectivity index (χ1v) is 9.44. The molecule has 1 saturated carbocycles. The van der Waals surface area contributed by atoms with Gasteiger partial charge in [0.15, 0.2) is 0 Å². The number of amides is 1. The molecule has 5 heteroatoms. The average molecular weight is 352 g/mol. The number of hydrogen-bond donors (Lipinski definition) is 0. The molecule has 1 aliphatic rings. The molecular weight excluding hydrogens is 328 g/mol. The Morgan fingerprint density at radius 2 is 1.92 bits per heavy atom. The third-order valence-corrected chi connectivity index (χ3v) is 5.64. The van der Waals surface area contributed by atoms with Gasteiger partial charge in [0, 0.05) is 25.0 Å². The zero-order valence-electron chi connectivity index (χ0n) is 15.3. The molecule has 1 aliphatic carbocycles. The fourth-order valence-corrected chi connectivity index (χ4v) is 4.22. The van der Waals surface area contributed by atoms with Gasteiger partial charge in [0.2, 0.25) is 0 Å². The van der Waals surface area contributed by atoms with E-state index >= 15 is 0 Å². The van der Waals surface area contributed by atoms with Crippen LogP contribution in [0.25, 0.3) is 21.9 Å². The van der Waals surface area contributed by atoms with Crippen LogP contribution in [0.5, 0.6) is 0 Å². The average Bonchev–Trinajstić information content (AvgIpc) is 3.08. The lowest BCUT2D eigenvalue weighted by atomic mass is 9.94. The molecule has 0 bridgehead atoms. The van der Waals surface area contributed by atoms with Crippen LogP contribution in [0, 0.1) is 0 Å². The van der Waals surface area contributed by atoms with E-state index in [1.165, 1.54) is 19.3 Å². The van der Waals surface area contributed by atoms with Gasteiger partial charge in [-0.15, -0.1) is 0 Å². The van der Waals surface area contributed by atoms with Crippen molar-refractivity contribution >= 4 is 27.8 Å². The molecule has 3 aromatic rings. The van der Waals surface area contributed by atoms with Gasteiger partial charge in [-0.05, 0) is 38.0 Å². The highest BCUT2D eigenvalue weighted by atomic mass is 16.4. The summed E-state index contributed by atoms with van der Waals surface area (Å²) in [5, 5.41) is 1.34. The Bertz CT molecular complexity index is 1020. The number of hydrogen-bond acceptors (Lipinski definition) is 3. The minimum absolute atomic E-state index is 0.0153. The molecule has 0 saturated heterocycles. The molecular formula is C21H24N2O3. The van der Waals surface area contributed by atoms with Gasteiger partial charge in [-0.2, -0.15) is 0 Å². The number of fused-ring (bicyclic) bond motifs is 3. The molecule has 26 heavy (non-hydrogen) atoms. The lowest BCUT2D eigenvalue weighted by molar-refractivity contribution is 0.0686. The third-order valence-electron chi connectivity index (χ3n) is 5.64. The largest absolute Gasteiger partial charge is 0.422 e. The fraction of sp³-hybridized carbons (Fsp3) is 0.429. The Labute approximate surface area is 152 Å². The summed E-state index contributed by atoms with van der Waals surface area (Å²) in [5.74, 6) is -0.0153. The number of para-hydroxylation sites is 1. The van der Waals surface area contributed by atoms with Gasteiger partial charge in [-0.25, -0.2) is 4.79 Å². The highest BCUT2D eigenvalue weighted by Crippen LogP contribution is 2.28. The Morgan fingerprint density at radius 3 is 2.65 bits per heavy atom. The monoisotopic (exact) mass is 352 g/mol. The van der Waals surface area contributed by atoms with Crippen LogP contribution in [0.2, 0.25) is 0 Å². The summed E-state index contributed by atoms with van der Waals surface area (Å²) >= 11 is 0. The van der Waals surface area contributed by atoms with E-state index in [-0.39, 0.29) is 17.6 Å². The third kappa shape index (κ3) is 2.62. The first-order chi connectivity index (χ1) is 12.6. The topological polar surface area (TPSA) is 55.5 Å². The van der Waals surface area contributed by atoms with Gasteiger partial charge >= 0.3 is 5.63 Å². The number of aromatic nitrogens is 1. The van der Waals surface area contributed by atoms with Crippen molar-refractivity contribution in [3.05, 3.63) is 46.4 Å². The van der Waals surface area contributed by atoms with Crippen molar-refractivity contribution in [3.8, 4) is 0 Å². The van der Waals surface area contributed by atoms with Crippen LogP contribution >= 0.6 is 0 Å². The summed E-state index contributed by atoms with van der Waals surface area (Å²) < 4.78 is 7.41. The SMILES string of the molecule is CCn1c(C(=O)N(C)C2CCCCC2)cc2c(=O)oc3ccccc3c21. The van der Waals surface area contributed by atoms with E-state index in [1.54, 1.807) is 12.1 Å². The molecule has 0 N–H and O–H groups in total. The van der Waals surface area contributed by atoms with E-state index < -0.39 is 0 Å². The maximum absolute atomic E-state index is 13.2. The molecule has 1 fully saturated rings. The minimum atomic E-state index is -0.389. The van der Waals surface area contributed by atoms with E-state index in [0.717, 1.165) is 23.7 Å².